The van der Waals surface area contributed by atoms with E-state index in [1.807, 2.05) is 0 Å². The van der Waals surface area contributed by atoms with Crippen molar-refractivity contribution in [1.29, 1.82) is 0 Å². The zero-order valence-electron chi connectivity index (χ0n) is 34.9. The van der Waals surface area contributed by atoms with Gasteiger partial charge in [-0.25, -0.2) is 0 Å². The number of terminal acetylenes is 3. The van der Waals surface area contributed by atoms with E-state index in [9.17, 15) is 24.1 Å². The molecule has 1 unspecified atom stereocenters. The lowest BCUT2D eigenvalue weighted by Crippen LogP contribution is -2.52. The Balaban J connectivity index is 3.05. The highest BCUT2D eigenvalue weighted by Crippen LogP contribution is 2.46. The van der Waals surface area contributed by atoms with Crippen LogP contribution in [0.15, 0.2) is 0 Å². The van der Waals surface area contributed by atoms with Crippen LogP contribution >= 0.6 is 6.49 Å². The minimum atomic E-state index is -3.21. The molecular weight excluding hydrogens is 804 g/mol. The minimum absolute atomic E-state index is 0.00384. The molecule has 18 heteroatoms. The van der Waals surface area contributed by atoms with Gasteiger partial charge >= 0.3 is 0 Å². The van der Waals surface area contributed by atoms with E-state index in [4.69, 9.17) is 64.0 Å². The maximum atomic E-state index is 14.0. The minimum Gasteiger partial charge on any atom is -0.800 e. The predicted molar refractivity (Wildman–Crippen MR) is 225 cm³/mol. The van der Waals surface area contributed by atoms with Crippen LogP contribution in [-0.4, -0.2) is 140 Å². The lowest BCUT2D eigenvalue weighted by atomic mass is 9.81. The number of carbonyl (C=O) groups is 4. The van der Waals surface area contributed by atoms with Gasteiger partial charge < -0.3 is 59.1 Å². The molecule has 1 saturated carbocycles. The average Bonchev–Trinajstić information content (AvgIpc) is 3.21. The van der Waals surface area contributed by atoms with Gasteiger partial charge in [0.05, 0.1) is 65.6 Å². The van der Waals surface area contributed by atoms with Crippen LogP contribution in [0.3, 0.4) is 0 Å². The second-order valence-electron chi connectivity index (χ2n) is 14.1. The maximum absolute atomic E-state index is 14.0. The molecule has 1 fully saturated rings. The molecule has 4 amide bonds. The fourth-order valence-corrected chi connectivity index (χ4v) is 7.09. The number of nitrogens with one attached hydrogen (secondary N) is 4. The Morgan fingerprint density at radius 3 is 1.34 bits per heavy atom. The van der Waals surface area contributed by atoms with Gasteiger partial charge in [-0.3, -0.25) is 19.2 Å². The van der Waals surface area contributed by atoms with Gasteiger partial charge in [0.2, 0.25) is 23.6 Å². The van der Waals surface area contributed by atoms with Crippen LogP contribution in [0.1, 0.15) is 78.1 Å². The molecule has 0 bridgehead atoms. The van der Waals surface area contributed by atoms with Crippen molar-refractivity contribution in [1.82, 2.24) is 21.3 Å². The Bertz CT molecular complexity index is 1280. The van der Waals surface area contributed by atoms with Crippen molar-refractivity contribution in [2.45, 2.75) is 95.4 Å². The summed E-state index contributed by atoms with van der Waals surface area (Å²) >= 11 is 5.23. The molecule has 16 nitrogen and oxygen atoms in total. The lowest BCUT2D eigenvalue weighted by molar-refractivity contribution is -0.189. The Morgan fingerprint density at radius 1 is 0.644 bits per heavy atom. The summed E-state index contributed by atoms with van der Waals surface area (Å²) in [5.74, 6) is 5.61. The number of amides is 4. The highest BCUT2D eigenvalue weighted by atomic mass is 32.5. The van der Waals surface area contributed by atoms with Crippen LogP contribution in [0, 0.1) is 42.9 Å². The summed E-state index contributed by atoms with van der Waals surface area (Å²) in [6, 6.07) is 0. The molecule has 0 heterocycles. The Kier molecular flexibility index (Phi) is 30.7. The highest BCUT2D eigenvalue weighted by Gasteiger charge is 2.37. The molecule has 0 radical (unpaired) electrons. The van der Waals surface area contributed by atoms with E-state index in [1.165, 1.54) is 0 Å². The molecule has 1 rings (SSSR count). The predicted octanol–water partition coefficient (Wildman–Crippen LogP) is 1.18. The van der Waals surface area contributed by atoms with Crippen LogP contribution < -0.4 is 26.2 Å². The van der Waals surface area contributed by atoms with E-state index in [0.29, 0.717) is 65.3 Å². The van der Waals surface area contributed by atoms with Crippen LogP contribution in [0.2, 0.25) is 0 Å². The summed E-state index contributed by atoms with van der Waals surface area (Å²) in [5, 5.41) is 11.7. The van der Waals surface area contributed by atoms with Gasteiger partial charge in [-0.05, 0) is 57.1 Å². The Morgan fingerprint density at radius 2 is 1.00 bits per heavy atom. The second-order valence-corrected chi connectivity index (χ2v) is 18.0. The fourth-order valence-electron chi connectivity index (χ4n) is 5.85. The zero-order chi connectivity index (χ0) is 43.6. The Hall–Kier alpha value is -3.11. The molecule has 1 aliphatic rings. The zero-order valence-corrected chi connectivity index (χ0v) is 36.6. The molecule has 0 aromatic carbocycles. The molecule has 1 aliphatic carbocycles. The number of hydrogen-bond acceptors (Lipinski definition) is 13. The van der Waals surface area contributed by atoms with Crippen molar-refractivity contribution >= 4 is 41.9 Å². The van der Waals surface area contributed by atoms with Crippen LogP contribution in [0.25, 0.3) is 0 Å². The van der Waals surface area contributed by atoms with Gasteiger partial charge in [0.25, 0.3) is 0 Å². The number of hydrogen-bond donors (Lipinski definition) is 4. The first-order valence-electron chi connectivity index (χ1n) is 20.3. The van der Waals surface area contributed by atoms with E-state index in [-0.39, 0.29) is 133 Å². The average molecular weight is 870 g/mol. The van der Waals surface area contributed by atoms with E-state index in [2.05, 4.69) is 39.0 Å². The van der Waals surface area contributed by atoms with Gasteiger partial charge in [0.1, 0.15) is 19.8 Å². The number of rotatable bonds is 35. The van der Waals surface area contributed by atoms with Crippen LogP contribution in [-0.2, 0) is 63.9 Å². The summed E-state index contributed by atoms with van der Waals surface area (Å²) in [6.07, 6.45) is 17.6. The quantitative estimate of drug-likeness (QED) is 0.0402. The van der Waals surface area contributed by atoms with Crippen molar-refractivity contribution in [3.05, 3.63) is 0 Å². The van der Waals surface area contributed by atoms with Gasteiger partial charge in [0, 0.05) is 50.4 Å². The van der Waals surface area contributed by atoms with Gasteiger partial charge in [-0.15, -0.1) is 19.3 Å². The number of ether oxygens (including phenoxy) is 6. The monoisotopic (exact) mass is 869 g/mol. The first-order valence-corrected chi connectivity index (χ1v) is 23.0. The molecule has 0 saturated heterocycles. The third-order valence-electron chi connectivity index (χ3n) is 9.23. The third kappa shape index (κ3) is 27.4. The summed E-state index contributed by atoms with van der Waals surface area (Å²) in [5.41, 5.74) is -1.40. The van der Waals surface area contributed by atoms with Gasteiger partial charge in [0.15, 0.2) is 0 Å². The molecule has 0 aromatic heterocycles. The molecular formula is C41H66N4O12PS-. The Labute approximate surface area is 356 Å². The molecule has 59 heavy (non-hydrogen) atoms. The molecule has 0 aromatic rings. The maximum Gasteiger partial charge on any atom is 0.223 e. The lowest BCUT2D eigenvalue weighted by Gasteiger charge is -2.40. The summed E-state index contributed by atoms with van der Waals surface area (Å²) in [4.78, 5) is 66.1. The molecule has 4 N–H and O–H groups in total. The number of carbonyl (C=O) groups excluding carboxylic acids is 4. The first kappa shape index (κ1) is 53.9. The summed E-state index contributed by atoms with van der Waals surface area (Å²) in [6.45, 7) is 4.28. The molecule has 334 valence electrons. The van der Waals surface area contributed by atoms with Crippen molar-refractivity contribution in [3.63, 3.8) is 0 Å². The summed E-state index contributed by atoms with van der Waals surface area (Å²) < 4.78 is 37.8. The van der Waals surface area contributed by atoms with E-state index >= 15 is 0 Å². The molecule has 0 aliphatic heterocycles. The highest BCUT2D eigenvalue weighted by molar-refractivity contribution is 8.09. The normalized spacial score (nSPS) is 16.2. The second kappa shape index (κ2) is 33.6. The van der Waals surface area contributed by atoms with Crippen molar-refractivity contribution in [2.75, 3.05) is 98.9 Å². The van der Waals surface area contributed by atoms with Crippen molar-refractivity contribution in [3.8, 4) is 37.0 Å². The molecule has 0 spiro atoms. The van der Waals surface area contributed by atoms with E-state index in [0.717, 1.165) is 0 Å². The smallest absolute Gasteiger partial charge is 0.223 e. The SMILES string of the molecule is C#CCOCCOCCNC(=O)CCC(CCC(=O)NCCOCCOCC#C)(CCC(=O)NCCOCCOCC#C)NC(=O)C1CCC(OP([O-])(=S)C(C)C)CC1. The standard InChI is InChI=1S/C41H67N4O12PS/c1-6-22-51-28-31-54-25-19-42-37(46)13-16-41(17-14-38(47)43-20-26-55-32-29-52-23-7-2,18-15-39(48)44-21-27-56-33-30-53-24-8-3)45-40(49)35-9-11-36(12-10-35)57-58(50,59)34(4)5/h1-3,34-36H,9-33H2,4-5H3,(H,42,46)(H,43,47)(H,44,48)(H,45,49)(H,50,59)/p-1. The van der Waals surface area contributed by atoms with Crippen molar-refractivity contribution < 1.29 is 57.0 Å². The van der Waals surface area contributed by atoms with Crippen molar-refractivity contribution in [2.24, 2.45) is 5.92 Å². The third-order valence-corrected chi connectivity index (χ3v) is 12.6. The van der Waals surface area contributed by atoms with Crippen LogP contribution in [0.4, 0.5) is 0 Å². The van der Waals surface area contributed by atoms with Crippen LogP contribution in [0.5, 0.6) is 0 Å². The molecule has 1 atom stereocenters. The van der Waals surface area contributed by atoms with Gasteiger partial charge in [-0.2, -0.15) is 0 Å². The fraction of sp³-hybridized carbons (Fsp3) is 0.756. The van der Waals surface area contributed by atoms with Gasteiger partial charge in [-0.1, -0.05) is 43.4 Å². The topological polar surface area (TPSA) is 204 Å². The summed E-state index contributed by atoms with van der Waals surface area (Å²) in [7, 11) is 0. The first-order chi connectivity index (χ1) is 28.4. The largest absolute Gasteiger partial charge is 0.800 e. The van der Waals surface area contributed by atoms with E-state index in [1.54, 1.807) is 13.8 Å². The van der Waals surface area contributed by atoms with E-state index < -0.39 is 17.9 Å².